The molecule has 0 bridgehead atoms. The Morgan fingerprint density at radius 3 is 3.06 bits per heavy atom. The Kier molecular flexibility index (Phi) is 2.46. The number of benzene rings is 1. The Morgan fingerprint density at radius 1 is 1.50 bits per heavy atom. The van der Waals surface area contributed by atoms with Crippen LogP contribution in [0.3, 0.4) is 0 Å². The molecule has 2 heterocycles. The van der Waals surface area contributed by atoms with E-state index in [0.29, 0.717) is 0 Å². The Labute approximate surface area is 102 Å². The van der Waals surface area contributed by atoms with E-state index in [2.05, 4.69) is 22.0 Å². The van der Waals surface area contributed by atoms with E-state index in [4.69, 9.17) is 9.47 Å². The molecule has 0 aromatic heterocycles. The standard InChI is InChI=1S/C12H13BrO3/c1-2-8-7-4-3-6-5-9(13)16-11(6)10(7)12(14)15-8/h3-4,8-9,12,14H,2,5H2,1H3. The van der Waals surface area contributed by atoms with Gasteiger partial charge in [-0.3, -0.25) is 0 Å². The number of hydrogen-bond acceptors (Lipinski definition) is 3. The van der Waals surface area contributed by atoms with E-state index in [9.17, 15) is 5.11 Å². The van der Waals surface area contributed by atoms with Crippen LogP contribution >= 0.6 is 15.9 Å². The molecule has 0 aliphatic carbocycles. The molecule has 0 amide bonds. The number of fused-ring (bicyclic) bond motifs is 3. The highest BCUT2D eigenvalue weighted by atomic mass is 79.9. The highest BCUT2D eigenvalue weighted by Gasteiger charge is 2.36. The lowest BCUT2D eigenvalue weighted by Gasteiger charge is -2.09. The van der Waals surface area contributed by atoms with Crippen LogP contribution in [-0.2, 0) is 11.2 Å². The topological polar surface area (TPSA) is 38.7 Å². The smallest absolute Gasteiger partial charge is 0.185 e. The lowest BCUT2D eigenvalue weighted by atomic mass is 9.99. The van der Waals surface area contributed by atoms with Gasteiger partial charge in [-0.05, 0) is 33.5 Å². The predicted molar refractivity (Wildman–Crippen MR) is 62.6 cm³/mol. The maximum atomic E-state index is 9.92. The summed E-state index contributed by atoms with van der Waals surface area (Å²) in [5.41, 5.74) is 3.03. The van der Waals surface area contributed by atoms with Crippen LogP contribution in [0.1, 0.15) is 42.4 Å². The fourth-order valence-electron chi connectivity index (χ4n) is 2.45. The first-order valence-electron chi connectivity index (χ1n) is 5.50. The highest BCUT2D eigenvalue weighted by molar-refractivity contribution is 9.09. The fourth-order valence-corrected chi connectivity index (χ4v) is 2.99. The van der Waals surface area contributed by atoms with E-state index in [1.807, 2.05) is 13.0 Å². The molecule has 0 fully saturated rings. The third kappa shape index (κ3) is 1.40. The second kappa shape index (κ2) is 3.72. The van der Waals surface area contributed by atoms with Crippen molar-refractivity contribution in [2.24, 2.45) is 0 Å². The average Bonchev–Trinajstić information content (AvgIpc) is 2.77. The highest BCUT2D eigenvalue weighted by Crippen LogP contribution is 2.48. The molecule has 1 N–H and O–H groups in total. The summed E-state index contributed by atoms with van der Waals surface area (Å²) >= 11 is 3.43. The van der Waals surface area contributed by atoms with Crippen molar-refractivity contribution in [3.8, 4) is 5.75 Å². The average molecular weight is 285 g/mol. The summed E-state index contributed by atoms with van der Waals surface area (Å²) in [6, 6.07) is 4.12. The van der Waals surface area contributed by atoms with Gasteiger partial charge in [0.05, 0.1) is 11.7 Å². The van der Waals surface area contributed by atoms with Crippen LogP contribution in [0.25, 0.3) is 0 Å². The maximum absolute atomic E-state index is 9.92. The van der Waals surface area contributed by atoms with Gasteiger partial charge in [0.2, 0.25) is 0 Å². The second-order valence-electron chi connectivity index (χ2n) is 4.17. The Balaban J connectivity index is 2.12. The molecular weight excluding hydrogens is 272 g/mol. The zero-order chi connectivity index (χ0) is 11.3. The van der Waals surface area contributed by atoms with Gasteiger partial charge in [0.15, 0.2) is 11.3 Å². The van der Waals surface area contributed by atoms with Gasteiger partial charge >= 0.3 is 0 Å². The zero-order valence-electron chi connectivity index (χ0n) is 8.94. The first kappa shape index (κ1) is 10.6. The minimum absolute atomic E-state index is 0.00623. The third-order valence-corrected chi connectivity index (χ3v) is 3.71. The number of halogens is 1. The first-order valence-corrected chi connectivity index (χ1v) is 6.42. The molecule has 86 valence electrons. The molecule has 1 aromatic carbocycles. The number of aliphatic hydroxyl groups excluding tert-OH is 1. The zero-order valence-corrected chi connectivity index (χ0v) is 10.5. The third-order valence-electron chi connectivity index (χ3n) is 3.20. The lowest BCUT2D eigenvalue weighted by Crippen LogP contribution is -2.02. The molecule has 0 saturated heterocycles. The van der Waals surface area contributed by atoms with Crippen LogP contribution in [-0.4, -0.2) is 10.1 Å². The van der Waals surface area contributed by atoms with E-state index >= 15 is 0 Å². The lowest BCUT2D eigenvalue weighted by molar-refractivity contribution is -0.121. The van der Waals surface area contributed by atoms with Crippen molar-refractivity contribution >= 4 is 15.9 Å². The monoisotopic (exact) mass is 284 g/mol. The molecule has 3 unspecified atom stereocenters. The quantitative estimate of drug-likeness (QED) is 0.806. The van der Waals surface area contributed by atoms with Crippen molar-refractivity contribution < 1.29 is 14.6 Å². The minimum Gasteiger partial charge on any atom is -0.478 e. The molecule has 0 radical (unpaired) electrons. The summed E-state index contributed by atoms with van der Waals surface area (Å²) in [6.45, 7) is 2.05. The van der Waals surface area contributed by atoms with Crippen LogP contribution in [0.4, 0.5) is 0 Å². The van der Waals surface area contributed by atoms with Gasteiger partial charge in [-0.25, -0.2) is 0 Å². The SMILES string of the molecule is CCC1OC(O)c2c1ccc1c2OC(Br)C1. The Bertz CT molecular complexity index is 433. The molecule has 4 heteroatoms. The van der Waals surface area contributed by atoms with E-state index in [0.717, 1.165) is 35.3 Å². The van der Waals surface area contributed by atoms with E-state index in [-0.39, 0.29) is 11.1 Å². The minimum atomic E-state index is -0.840. The van der Waals surface area contributed by atoms with Crippen LogP contribution < -0.4 is 4.74 Å². The summed E-state index contributed by atoms with van der Waals surface area (Å²) in [7, 11) is 0. The van der Waals surface area contributed by atoms with Crippen LogP contribution in [0.5, 0.6) is 5.75 Å². The number of rotatable bonds is 1. The van der Waals surface area contributed by atoms with Crippen molar-refractivity contribution in [1.82, 2.24) is 0 Å². The summed E-state index contributed by atoms with van der Waals surface area (Å²) in [6.07, 6.45) is 0.855. The summed E-state index contributed by atoms with van der Waals surface area (Å²) in [4.78, 5) is 0. The maximum Gasteiger partial charge on any atom is 0.185 e. The van der Waals surface area contributed by atoms with Crippen molar-refractivity contribution in [3.05, 3.63) is 28.8 Å². The van der Waals surface area contributed by atoms with Gasteiger partial charge in [0.1, 0.15) is 5.75 Å². The van der Waals surface area contributed by atoms with Crippen molar-refractivity contribution in [3.63, 3.8) is 0 Å². The van der Waals surface area contributed by atoms with Gasteiger partial charge in [-0.1, -0.05) is 19.1 Å². The molecule has 1 aromatic rings. The van der Waals surface area contributed by atoms with Gasteiger partial charge in [-0.2, -0.15) is 0 Å². The summed E-state index contributed by atoms with van der Waals surface area (Å²) in [5, 5.41) is 9.93. The van der Waals surface area contributed by atoms with Gasteiger partial charge in [0.25, 0.3) is 0 Å². The number of aliphatic hydroxyl groups is 1. The van der Waals surface area contributed by atoms with Crippen LogP contribution in [0, 0.1) is 0 Å². The second-order valence-corrected chi connectivity index (χ2v) is 5.20. The molecule has 2 aliphatic heterocycles. The summed E-state index contributed by atoms with van der Waals surface area (Å²) in [5.74, 6) is 0.808. The summed E-state index contributed by atoms with van der Waals surface area (Å²) < 4.78 is 11.2. The van der Waals surface area contributed by atoms with E-state index in [1.54, 1.807) is 0 Å². The molecular formula is C12H13BrO3. The Morgan fingerprint density at radius 2 is 2.31 bits per heavy atom. The van der Waals surface area contributed by atoms with Crippen LogP contribution in [0.2, 0.25) is 0 Å². The Hall–Kier alpha value is -0.580. The molecule has 3 rings (SSSR count). The first-order chi connectivity index (χ1) is 7.70. The van der Waals surface area contributed by atoms with Crippen LogP contribution in [0.15, 0.2) is 12.1 Å². The van der Waals surface area contributed by atoms with E-state index in [1.165, 1.54) is 0 Å². The molecule has 0 spiro atoms. The number of alkyl halides is 1. The molecule has 3 atom stereocenters. The number of hydrogen-bond donors (Lipinski definition) is 1. The molecule has 3 nitrogen and oxygen atoms in total. The van der Waals surface area contributed by atoms with Gasteiger partial charge < -0.3 is 14.6 Å². The molecule has 0 saturated carbocycles. The number of ether oxygens (including phenoxy) is 2. The fraction of sp³-hybridized carbons (Fsp3) is 0.500. The van der Waals surface area contributed by atoms with E-state index < -0.39 is 6.29 Å². The predicted octanol–water partition coefficient (Wildman–Crippen LogP) is 2.81. The van der Waals surface area contributed by atoms with Crippen molar-refractivity contribution in [2.75, 3.05) is 0 Å². The molecule has 2 aliphatic rings. The molecule has 16 heavy (non-hydrogen) atoms. The van der Waals surface area contributed by atoms with Gasteiger partial charge in [-0.15, -0.1) is 0 Å². The normalized spacial score (nSPS) is 31.1. The van der Waals surface area contributed by atoms with Crippen molar-refractivity contribution in [2.45, 2.75) is 37.2 Å². The van der Waals surface area contributed by atoms with Crippen molar-refractivity contribution in [1.29, 1.82) is 0 Å². The largest absolute Gasteiger partial charge is 0.478 e. The van der Waals surface area contributed by atoms with Gasteiger partial charge in [0, 0.05) is 6.42 Å².